The highest BCUT2D eigenvalue weighted by Gasteiger charge is 2.34. The van der Waals surface area contributed by atoms with Gasteiger partial charge in [-0.1, -0.05) is 13.3 Å². The first-order valence-electron chi connectivity index (χ1n) is 9.63. The SMILES string of the molecule is CCCN1CCC(CNC2CCCC2C2COCCN2)CC1.Cl. The normalized spacial score (nSPS) is 33.5. The van der Waals surface area contributed by atoms with E-state index in [1.165, 1.54) is 64.7 Å². The summed E-state index contributed by atoms with van der Waals surface area (Å²) in [5.74, 6) is 1.67. The third kappa shape index (κ3) is 5.57. The topological polar surface area (TPSA) is 36.5 Å². The van der Waals surface area contributed by atoms with Gasteiger partial charge < -0.3 is 20.3 Å². The summed E-state index contributed by atoms with van der Waals surface area (Å²) in [5.41, 5.74) is 0. The highest BCUT2D eigenvalue weighted by Crippen LogP contribution is 2.30. The maximum atomic E-state index is 5.68. The Kier molecular flexibility index (Phi) is 8.62. The van der Waals surface area contributed by atoms with Gasteiger partial charge in [-0.05, 0) is 70.1 Å². The van der Waals surface area contributed by atoms with Crippen molar-refractivity contribution in [2.75, 3.05) is 45.9 Å². The lowest BCUT2D eigenvalue weighted by molar-refractivity contribution is 0.0519. The van der Waals surface area contributed by atoms with Crippen molar-refractivity contribution in [3.05, 3.63) is 0 Å². The first kappa shape index (κ1) is 19.5. The Hall–Kier alpha value is 0.130. The molecular formula is C18H36ClN3O. The molecule has 0 aromatic heterocycles. The van der Waals surface area contributed by atoms with E-state index in [0.29, 0.717) is 12.1 Å². The summed E-state index contributed by atoms with van der Waals surface area (Å²) in [5, 5.41) is 7.61. The zero-order valence-corrected chi connectivity index (χ0v) is 15.6. The van der Waals surface area contributed by atoms with Crippen LogP contribution < -0.4 is 10.6 Å². The predicted molar refractivity (Wildman–Crippen MR) is 98.4 cm³/mol. The third-order valence-electron chi connectivity index (χ3n) is 5.95. The number of nitrogens with one attached hydrogen (secondary N) is 2. The molecule has 4 nitrogen and oxygen atoms in total. The molecule has 3 unspecified atom stereocenters. The van der Waals surface area contributed by atoms with E-state index in [1.807, 2.05) is 0 Å². The quantitative estimate of drug-likeness (QED) is 0.774. The molecule has 1 aliphatic carbocycles. The van der Waals surface area contributed by atoms with Crippen LogP contribution in [-0.4, -0.2) is 62.9 Å². The molecule has 0 radical (unpaired) electrons. The molecule has 0 aromatic rings. The second-order valence-electron chi connectivity index (χ2n) is 7.53. The van der Waals surface area contributed by atoms with E-state index >= 15 is 0 Å². The van der Waals surface area contributed by atoms with Crippen molar-refractivity contribution in [3.8, 4) is 0 Å². The van der Waals surface area contributed by atoms with Gasteiger partial charge in [0.25, 0.3) is 0 Å². The van der Waals surface area contributed by atoms with Crippen LogP contribution in [0.3, 0.4) is 0 Å². The molecule has 2 aliphatic heterocycles. The van der Waals surface area contributed by atoms with Gasteiger partial charge in [-0.3, -0.25) is 0 Å². The zero-order chi connectivity index (χ0) is 15.2. The minimum absolute atomic E-state index is 0. The average Bonchev–Trinajstić information content (AvgIpc) is 3.04. The fraction of sp³-hybridized carbons (Fsp3) is 1.00. The summed E-state index contributed by atoms with van der Waals surface area (Å²) in [6, 6.07) is 1.30. The monoisotopic (exact) mass is 345 g/mol. The molecular weight excluding hydrogens is 310 g/mol. The number of halogens is 1. The fourth-order valence-corrected chi connectivity index (χ4v) is 4.63. The van der Waals surface area contributed by atoms with Crippen molar-refractivity contribution >= 4 is 12.4 Å². The number of nitrogens with zero attached hydrogens (tertiary/aromatic N) is 1. The van der Waals surface area contributed by atoms with E-state index in [0.717, 1.165) is 31.6 Å². The number of hydrogen-bond acceptors (Lipinski definition) is 4. The molecule has 0 spiro atoms. The maximum Gasteiger partial charge on any atom is 0.0623 e. The lowest BCUT2D eigenvalue weighted by Gasteiger charge is -2.35. The molecule has 3 aliphatic rings. The van der Waals surface area contributed by atoms with Crippen molar-refractivity contribution in [3.63, 3.8) is 0 Å². The van der Waals surface area contributed by atoms with Gasteiger partial charge in [0.15, 0.2) is 0 Å². The highest BCUT2D eigenvalue weighted by molar-refractivity contribution is 5.85. The number of ether oxygens (including phenoxy) is 1. The van der Waals surface area contributed by atoms with E-state index in [9.17, 15) is 0 Å². The highest BCUT2D eigenvalue weighted by atomic mass is 35.5. The summed E-state index contributed by atoms with van der Waals surface area (Å²) in [4.78, 5) is 2.64. The molecule has 2 N–H and O–H groups in total. The maximum absolute atomic E-state index is 5.68. The Bertz CT molecular complexity index is 317. The number of hydrogen-bond donors (Lipinski definition) is 2. The van der Waals surface area contributed by atoms with Crippen LogP contribution >= 0.6 is 12.4 Å². The second kappa shape index (κ2) is 10.2. The van der Waals surface area contributed by atoms with E-state index < -0.39 is 0 Å². The number of piperidine rings is 1. The molecule has 1 saturated carbocycles. The Labute approximate surface area is 148 Å². The van der Waals surface area contributed by atoms with Crippen LogP contribution in [0.1, 0.15) is 45.4 Å². The van der Waals surface area contributed by atoms with E-state index in [1.54, 1.807) is 0 Å². The first-order chi connectivity index (χ1) is 10.9. The van der Waals surface area contributed by atoms with E-state index in [4.69, 9.17) is 4.74 Å². The molecule has 2 saturated heterocycles. The van der Waals surface area contributed by atoms with Gasteiger partial charge in [-0.15, -0.1) is 12.4 Å². The van der Waals surface area contributed by atoms with Gasteiger partial charge in [0.1, 0.15) is 0 Å². The molecule has 0 aromatic carbocycles. The number of rotatable bonds is 6. The molecule has 3 rings (SSSR count). The van der Waals surface area contributed by atoms with E-state index in [-0.39, 0.29) is 12.4 Å². The van der Waals surface area contributed by atoms with Gasteiger partial charge in [0.2, 0.25) is 0 Å². The lowest BCUT2D eigenvalue weighted by Crippen LogP contribution is -2.51. The molecule has 2 heterocycles. The van der Waals surface area contributed by atoms with Crippen molar-refractivity contribution in [2.45, 2.75) is 57.5 Å². The van der Waals surface area contributed by atoms with Crippen LogP contribution in [-0.2, 0) is 4.74 Å². The summed E-state index contributed by atoms with van der Waals surface area (Å²) < 4.78 is 5.68. The van der Waals surface area contributed by atoms with Crippen molar-refractivity contribution < 1.29 is 4.74 Å². The minimum Gasteiger partial charge on any atom is -0.379 e. The molecule has 3 fully saturated rings. The summed E-state index contributed by atoms with van der Waals surface area (Å²) in [6.45, 7) is 10.3. The average molecular weight is 346 g/mol. The molecule has 23 heavy (non-hydrogen) atoms. The van der Waals surface area contributed by atoms with Crippen LogP contribution in [0.4, 0.5) is 0 Å². The summed E-state index contributed by atoms with van der Waals surface area (Å²) in [6.07, 6.45) is 8.17. The van der Waals surface area contributed by atoms with Crippen molar-refractivity contribution in [1.82, 2.24) is 15.5 Å². The van der Waals surface area contributed by atoms with Crippen LogP contribution in [0.15, 0.2) is 0 Å². The number of likely N-dealkylation sites (tertiary alicyclic amines) is 1. The van der Waals surface area contributed by atoms with Crippen LogP contribution in [0.5, 0.6) is 0 Å². The standard InChI is InChI=1S/C18H35N3O.ClH/c1-2-9-21-10-6-15(7-11-21)13-20-17-5-3-4-16(17)18-14-22-12-8-19-18;/h15-20H,2-14H2,1H3;1H. The Morgan fingerprint density at radius 3 is 2.70 bits per heavy atom. The predicted octanol–water partition coefficient (Wildman–Crippen LogP) is 2.28. The molecule has 5 heteroatoms. The smallest absolute Gasteiger partial charge is 0.0623 e. The van der Waals surface area contributed by atoms with Gasteiger partial charge in [-0.25, -0.2) is 0 Å². The second-order valence-corrected chi connectivity index (χ2v) is 7.53. The Morgan fingerprint density at radius 2 is 2.00 bits per heavy atom. The molecule has 0 bridgehead atoms. The Balaban J connectivity index is 0.00000192. The van der Waals surface area contributed by atoms with Crippen LogP contribution in [0.25, 0.3) is 0 Å². The van der Waals surface area contributed by atoms with Gasteiger partial charge in [0, 0.05) is 18.6 Å². The zero-order valence-electron chi connectivity index (χ0n) is 14.8. The third-order valence-corrected chi connectivity index (χ3v) is 5.95. The lowest BCUT2D eigenvalue weighted by atomic mass is 9.92. The largest absolute Gasteiger partial charge is 0.379 e. The minimum atomic E-state index is 0. The summed E-state index contributed by atoms with van der Waals surface area (Å²) in [7, 11) is 0. The van der Waals surface area contributed by atoms with Crippen molar-refractivity contribution in [1.29, 1.82) is 0 Å². The van der Waals surface area contributed by atoms with Crippen LogP contribution in [0.2, 0.25) is 0 Å². The van der Waals surface area contributed by atoms with Gasteiger partial charge in [-0.2, -0.15) is 0 Å². The fourth-order valence-electron chi connectivity index (χ4n) is 4.63. The first-order valence-corrected chi connectivity index (χ1v) is 9.63. The van der Waals surface area contributed by atoms with Gasteiger partial charge >= 0.3 is 0 Å². The van der Waals surface area contributed by atoms with Gasteiger partial charge in [0.05, 0.1) is 13.2 Å². The van der Waals surface area contributed by atoms with Crippen LogP contribution in [0, 0.1) is 11.8 Å². The number of morpholine rings is 1. The molecule has 136 valence electrons. The Morgan fingerprint density at radius 1 is 1.17 bits per heavy atom. The molecule has 3 atom stereocenters. The summed E-state index contributed by atoms with van der Waals surface area (Å²) >= 11 is 0. The van der Waals surface area contributed by atoms with E-state index in [2.05, 4.69) is 22.5 Å². The molecule has 0 amide bonds. The van der Waals surface area contributed by atoms with Crippen molar-refractivity contribution in [2.24, 2.45) is 11.8 Å².